The van der Waals surface area contributed by atoms with E-state index in [9.17, 15) is 0 Å². The molecule has 0 aliphatic heterocycles. The third-order valence-corrected chi connectivity index (χ3v) is 9.00. The Hall–Kier alpha value is -1.47. The van der Waals surface area contributed by atoms with Crippen LogP contribution >= 0.6 is 0 Å². The third kappa shape index (κ3) is 2.43. The van der Waals surface area contributed by atoms with Crippen LogP contribution in [0.25, 0.3) is 0 Å². The van der Waals surface area contributed by atoms with Gasteiger partial charge in [-0.15, -0.1) is 0 Å². The van der Waals surface area contributed by atoms with Gasteiger partial charge in [-0.25, -0.2) is 0 Å². The van der Waals surface area contributed by atoms with Gasteiger partial charge in [0.05, 0.1) is 0 Å². The van der Waals surface area contributed by atoms with Gasteiger partial charge in [0.15, 0.2) is 0 Å². The predicted octanol–water partition coefficient (Wildman–Crippen LogP) is 3.61. The summed E-state index contributed by atoms with van der Waals surface area (Å²) in [7, 11) is 0. The first-order valence-electron chi connectivity index (χ1n) is 6.98. The van der Waals surface area contributed by atoms with Crippen molar-refractivity contribution in [2.24, 2.45) is 0 Å². The maximum atomic E-state index is 2.26. The molecule has 20 heavy (non-hydrogen) atoms. The summed E-state index contributed by atoms with van der Waals surface area (Å²) in [6.45, 7) is 0. The molecular weight excluding hydrogens is 343 g/mol. The van der Waals surface area contributed by atoms with E-state index in [-0.39, 0.29) is 3.17 Å². The molecule has 0 atom stereocenters. The average molecular weight is 360 g/mol. The number of hydrogen-bond acceptors (Lipinski definition) is 0. The van der Waals surface area contributed by atoms with Crippen molar-refractivity contribution >= 4 is 24.4 Å². The van der Waals surface area contributed by atoms with Crippen molar-refractivity contribution in [1.29, 1.82) is 0 Å². The van der Waals surface area contributed by atoms with Gasteiger partial charge in [-0.05, 0) is 0 Å². The molecule has 0 saturated carbocycles. The van der Waals surface area contributed by atoms with Crippen LogP contribution in [0.15, 0.2) is 91.0 Å². The predicted molar refractivity (Wildman–Crippen MR) is 87.8 cm³/mol. The minimum atomic E-state index is 0.0888. The summed E-state index contributed by atoms with van der Waals surface area (Å²) in [6, 6.07) is 32.7. The molecule has 0 radical (unpaired) electrons. The second-order valence-corrected chi connectivity index (χ2v) is 9.50. The number of benzene rings is 3. The molecule has 96 valence electrons. The SMILES string of the molecule is [InH2][C](c1ccccc1)(c1ccccc1)c1ccccc1. The molecule has 1 heteroatoms. The Balaban J connectivity index is 2.24. The Morgan fingerprint density at radius 1 is 0.450 bits per heavy atom. The van der Waals surface area contributed by atoms with Gasteiger partial charge in [-0.1, -0.05) is 0 Å². The van der Waals surface area contributed by atoms with Crippen LogP contribution in [0.2, 0.25) is 0 Å². The van der Waals surface area contributed by atoms with Crippen molar-refractivity contribution in [1.82, 2.24) is 0 Å². The van der Waals surface area contributed by atoms with Crippen LogP contribution in [0, 0.1) is 0 Å². The summed E-state index contributed by atoms with van der Waals surface area (Å²) in [5, 5.41) is 0. The molecular formula is C19H17In. The first-order valence-corrected chi connectivity index (χ1v) is 9.84. The molecule has 0 aromatic heterocycles. The molecule has 0 fully saturated rings. The van der Waals surface area contributed by atoms with Gasteiger partial charge in [0.2, 0.25) is 0 Å². The summed E-state index contributed by atoms with van der Waals surface area (Å²) in [4.78, 5) is 0. The van der Waals surface area contributed by atoms with Gasteiger partial charge in [0.1, 0.15) is 0 Å². The summed E-state index contributed by atoms with van der Waals surface area (Å²) < 4.78 is 0.0888. The van der Waals surface area contributed by atoms with E-state index in [4.69, 9.17) is 0 Å². The Morgan fingerprint density at radius 3 is 0.950 bits per heavy atom. The van der Waals surface area contributed by atoms with Crippen molar-refractivity contribution in [3.05, 3.63) is 108 Å². The number of rotatable bonds is 3. The molecule has 0 heterocycles. The average Bonchev–Trinajstić information content (AvgIpc) is 2.56. The van der Waals surface area contributed by atoms with Crippen molar-refractivity contribution in [2.75, 3.05) is 0 Å². The fraction of sp³-hybridized carbons (Fsp3) is 0.0526. The zero-order chi connectivity index (χ0) is 13.8. The van der Waals surface area contributed by atoms with Crippen molar-refractivity contribution in [3.63, 3.8) is 0 Å². The summed E-state index contributed by atoms with van der Waals surface area (Å²) in [5.74, 6) is 0. The van der Waals surface area contributed by atoms with Gasteiger partial charge in [-0.3, -0.25) is 0 Å². The van der Waals surface area contributed by atoms with E-state index in [0.717, 1.165) is 0 Å². The molecule has 3 rings (SSSR count). The van der Waals surface area contributed by atoms with Crippen LogP contribution in [-0.4, -0.2) is 24.4 Å². The topological polar surface area (TPSA) is 0 Å². The third-order valence-electron chi connectivity index (χ3n) is 4.05. The van der Waals surface area contributed by atoms with Crippen LogP contribution in [0.4, 0.5) is 0 Å². The Kier molecular flexibility index (Phi) is 3.98. The fourth-order valence-electron chi connectivity index (χ4n) is 2.81. The van der Waals surface area contributed by atoms with Gasteiger partial charge in [0.25, 0.3) is 0 Å². The van der Waals surface area contributed by atoms with Crippen LogP contribution < -0.4 is 0 Å². The molecule has 0 aliphatic rings. The molecule has 0 bridgehead atoms. The van der Waals surface area contributed by atoms with Crippen LogP contribution in [-0.2, 0) is 3.17 Å². The van der Waals surface area contributed by atoms with E-state index in [1.807, 2.05) is 0 Å². The Labute approximate surface area is 135 Å². The molecule has 0 unspecified atom stereocenters. The van der Waals surface area contributed by atoms with Gasteiger partial charge >= 0.3 is 135 Å². The van der Waals surface area contributed by atoms with E-state index in [1.165, 1.54) is 16.7 Å². The minimum absolute atomic E-state index is 0.0888. The maximum absolute atomic E-state index is 2.26. The summed E-state index contributed by atoms with van der Waals surface area (Å²) >= 11 is 0.382. The van der Waals surface area contributed by atoms with Crippen molar-refractivity contribution < 1.29 is 0 Å². The Morgan fingerprint density at radius 2 is 0.700 bits per heavy atom. The number of hydrogen-bond donors (Lipinski definition) is 0. The second-order valence-electron chi connectivity index (χ2n) is 5.22. The van der Waals surface area contributed by atoms with Gasteiger partial charge in [-0.2, -0.15) is 0 Å². The van der Waals surface area contributed by atoms with E-state index in [1.54, 1.807) is 0 Å². The molecule has 3 aromatic rings. The molecule has 3 aromatic carbocycles. The first kappa shape index (κ1) is 13.5. The van der Waals surface area contributed by atoms with Gasteiger partial charge < -0.3 is 0 Å². The van der Waals surface area contributed by atoms with E-state index >= 15 is 0 Å². The zero-order valence-electron chi connectivity index (χ0n) is 11.7. The van der Waals surface area contributed by atoms with Crippen LogP contribution in [0.5, 0.6) is 0 Å². The summed E-state index contributed by atoms with van der Waals surface area (Å²) in [6.07, 6.45) is 0. The first-order chi connectivity index (χ1) is 9.82. The zero-order valence-corrected chi connectivity index (χ0v) is 17.4. The fourth-order valence-corrected chi connectivity index (χ4v) is 5.67. The molecule has 0 nitrogen and oxygen atoms in total. The second kappa shape index (κ2) is 5.88. The van der Waals surface area contributed by atoms with E-state index in [0.29, 0.717) is 24.4 Å². The quantitative estimate of drug-likeness (QED) is 0.626. The van der Waals surface area contributed by atoms with Crippen molar-refractivity contribution in [2.45, 2.75) is 3.17 Å². The molecule has 0 N–H and O–H groups in total. The van der Waals surface area contributed by atoms with E-state index < -0.39 is 0 Å². The molecule has 0 aliphatic carbocycles. The van der Waals surface area contributed by atoms with E-state index in [2.05, 4.69) is 91.0 Å². The molecule has 0 amide bonds. The monoisotopic (exact) mass is 360 g/mol. The Bertz CT molecular complexity index is 563. The van der Waals surface area contributed by atoms with Crippen LogP contribution in [0.3, 0.4) is 0 Å². The standard InChI is InChI=1S/C19H15.In.2H/c1-4-10-16(11-5-1)19(17-12-6-2-7-13-17)18-14-8-3-9-15-18;;;/h1-15H;;;. The molecule has 0 saturated heterocycles. The summed E-state index contributed by atoms with van der Waals surface area (Å²) in [5.41, 5.74) is 4.23. The van der Waals surface area contributed by atoms with Crippen molar-refractivity contribution in [3.8, 4) is 0 Å². The normalized spacial score (nSPS) is 11.2. The van der Waals surface area contributed by atoms with Gasteiger partial charge in [0, 0.05) is 0 Å². The van der Waals surface area contributed by atoms with Crippen LogP contribution in [0.1, 0.15) is 16.7 Å². The molecule has 0 spiro atoms.